The lowest BCUT2D eigenvalue weighted by Crippen LogP contribution is -2.46. The van der Waals surface area contributed by atoms with Gasteiger partial charge in [0, 0.05) is 28.7 Å². The van der Waals surface area contributed by atoms with Crippen molar-refractivity contribution in [2.75, 3.05) is 11.5 Å². The van der Waals surface area contributed by atoms with Crippen LogP contribution in [0.4, 0.5) is 5.69 Å². The number of halogens is 1. The molecular weight excluding hydrogens is 418 g/mol. The molecule has 160 valence electrons. The Kier molecular flexibility index (Phi) is 5.57. The summed E-state index contributed by atoms with van der Waals surface area (Å²) >= 11 is 6.35. The average molecular weight is 446 g/mol. The Labute approximate surface area is 183 Å². The Morgan fingerprint density at radius 2 is 1.90 bits per heavy atom. The molecule has 2 aromatic rings. The Morgan fingerprint density at radius 1 is 1.20 bits per heavy atom. The molecule has 1 amide bonds. The zero-order valence-corrected chi connectivity index (χ0v) is 19.3. The van der Waals surface area contributed by atoms with E-state index in [1.165, 1.54) is 0 Å². The van der Waals surface area contributed by atoms with Crippen LogP contribution < -0.4 is 4.90 Å². The molecule has 2 aromatic carbocycles. The van der Waals surface area contributed by atoms with Crippen LogP contribution in [0.15, 0.2) is 48.5 Å². The number of ether oxygens (including phenoxy) is 1. The van der Waals surface area contributed by atoms with Crippen molar-refractivity contribution in [3.63, 3.8) is 0 Å². The lowest BCUT2D eigenvalue weighted by molar-refractivity contribution is -0.146. The number of benzene rings is 2. The van der Waals surface area contributed by atoms with E-state index < -0.39 is 13.9 Å². The highest BCUT2D eigenvalue weighted by Crippen LogP contribution is 2.60. The van der Waals surface area contributed by atoms with Crippen LogP contribution in [0.5, 0.6) is 0 Å². The van der Waals surface area contributed by atoms with E-state index in [9.17, 15) is 14.7 Å². The van der Waals surface area contributed by atoms with Gasteiger partial charge in [0.05, 0.1) is 18.3 Å². The second kappa shape index (κ2) is 7.77. The fourth-order valence-corrected chi connectivity index (χ4v) is 8.14. The molecule has 2 heterocycles. The number of hydrogen-bond donors (Lipinski definition) is 2. The van der Waals surface area contributed by atoms with Gasteiger partial charge in [0.1, 0.15) is 0 Å². The molecule has 1 spiro atoms. The van der Waals surface area contributed by atoms with Crippen molar-refractivity contribution in [2.45, 2.75) is 50.2 Å². The van der Waals surface area contributed by atoms with Gasteiger partial charge in [-0.2, -0.15) is 0 Å². The molecule has 0 bridgehead atoms. The zero-order chi connectivity index (χ0) is 21.7. The molecule has 2 aliphatic rings. The van der Waals surface area contributed by atoms with Crippen LogP contribution in [0.1, 0.15) is 24.5 Å². The van der Waals surface area contributed by atoms with Crippen LogP contribution in [-0.2, 0) is 21.7 Å². The maximum atomic E-state index is 14.0. The van der Waals surface area contributed by atoms with Gasteiger partial charge in [0.15, 0.2) is 13.9 Å². The van der Waals surface area contributed by atoms with E-state index in [-0.39, 0.29) is 30.1 Å². The first-order chi connectivity index (χ1) is 14.2. The third kappa shape index (κ3) is 3.31. The van der Waals surface area contributed by atoms with Gasteiger partial charge in [-0.15, -0.1) is 0 Å². The molecule has 0 unspecified atom stereocenters. The van der Waals surface area contributed by atoms with Gasteiger partial charge < -0.3 is 19.5 Å². The minimum atomic E-state index is -2.68. The van der Waals surface area contributed by atoms with Gasteiger partial charge in [-0.3, -0.25) is 4.79 Å². The highest BCUT2D eigenvalue weighted by Gasteiger charge is 2.66. The highest BCUT2D eigenvalue weighted by atomic mass is 35.5. The van der Waals surface area contributed by atoms with Crippen LogP contribution in [0.3, 0.4) is 0 Å². The molecule has 0 aliphatic carbocycles. The van der Waals surface area contributed by atoms with E-state index >= 15 is 0 Å². The molecule has 0 saturated carbocycles. The summed E-state index contributed by atoms with van der Waals surface area (Å²) in [6.45, 7) is 6.11. The van der Waals surface area contributed by atoms with Crippen LogP contribution >= 0.6 is 11.6 Å². The van der Waals surface area contributed by atoms with E-state index in [4.69, 9.17) is 16.3 Å². The van der Waals surface area contributed by atoms with Crippen molar-refractivity contribution < 1.29 is 19.4 Å². The van der Waals surface area contributed by atoms with Crippen molar-refractivity contribution >= 4 is 31.5 Å². The second-order valence-corrected chi connectivity index (χ2v) is 13.3. The number of aliphatic hydroxyl groups is 1. The number of rotatable bonds is 5. The number of carbonyl (C=O) groups excluding carboxylic acids is 1. The van der Waals surface area contributed by atoms with Crippen molar-refractivity contribution in [1.82, 2.24) is 0 Å². The maximum absolute atomic E-state index is 14.0. The summed E-state index contributed by atoms with van der Waals surface area (Å²) in [6, 6.07) is 15.3. The first-order valence-electron chi connectivity index (χ1n) is 10.4. The smallest absolute Gasteiger partial charge is 0.264 e. The predicted molar refractivity (Wildman–Crippen MR) is 120 cm³/mol. The number of amides is 1. The quantitative estimate of drug-likeness (QED) is 0.680. The van der Waals surface area contributed by atoms with E-state index in [0.29, 0.717) is 18.0 Å². The molecule has 2 aliphatic heterocycles. The Morgan fingerprint density at radius 3 is 2.53 bits per heavy atom. The Balaban J connectivity index is 1.83. The molecule has 1 saturated heterocycles. The Bertz CT molecular complexity index is 948. The van der Waals surface area contributed by atoms with Crippen LogP contribution in [-0.4, -0.2) is 36.8 Å². The molecule has 0 radical (unpaired) electrons. The summed E-state index contributed by atoms with van der Waals surface area (Å²) in [7, 11) is -2.68. The molecule has 7 heteroatoms. The maximum Gasteiger partial charge on any atom is 0.264 e. The van der Waals surface area contributed by atoms with Crippen LogP contribution in [0, 0.1) is 5.92 Å². The van der Waals surface area contributed by atoms with E-state index in [2.05, 4.69) is 0 Å². The average Bonchev–Trinajstić information content (AvgIpc) is 3.10. The second-order valence-electron chi connectivity index (χ2n) is 8.91. The van der Waals surface area contributed by atoms with Crippen LogP contribution in [0.25, 0.3) is 0 Å². The summed E-state index contributed by atoms with van der Waals surface area (Å²) in [4.78, 5) is 26.8. The standard InChI is InChI=1S/C23H28ClNO4Si/c1-15-21(30(2,3)28)20(11-12-26)29-23(15)18-13-17(24)9-10-19(18)25(22(23)27)14-16-7-5-4-6-8-16/h4-10,13,15,20-21,26,28H,11-12,14H2,1-3H3/t15-,20+,21-,23+/m0/s1. The van der Waals surface area contributed by atoms with E-state index in [1.807, 2.05) is 62.5 Å². The number of nitrogens with zero attached hydrogens (tertiary/aromatic N) is 1. The Hall–Kier alpha value is -1.70. The SMILES string of the molecule is C[C@H]1[C@H]([Si](C)(C)O)[C@@H](CCO)O[C@]12C(=O)N(Cc1ccccc1)c1ccc(Cl)cc12. The first-order valence-corrected chi connectivity index (χ1v) is 13.8. The molecular formula is C23H28ClNO4Si. The number of carbonyl (C=O) groups is 1. The van der Waals surface area contributed by atoms with E-state index in [1.54, 1.807) is 11.0 Å². The third-order valence-corrected chi connectivity index (χ3v) is 9.28. The highest BCUT2D eigenvalue weighted by molar-refractivity contribution is 6.71. The molecule has 0 aromatic heterocycles. The lowest BCUT2D eigenvalue weighted by atomic mass is 9.82. The fraction of sp³-hybridized carbons (Fsp3) is 0.435. The van der Waals surface area contributed by atoms with Crippen molar-refractivity contribution in [1.29, 1.82) is 0 Å². The monoisotopic (exact) mass is 445 g/mol. The largest absolute Gasteiger partial charge is 0.432 e. The number of fused-ring (bicyclic) bond motifs is 2. The van der Waals surface area contributed by atoms with Gasteiger partial charge in [-0.25, -0.2) is 0 Å². The van der Waals surface area contributed by atoms with Gasteiger partial charge in [0.2, 0.25) is 0 Å². The van der Waals surface area contributed by atoms with Gasteiger partial charge >= 0.3 is 0 Å². The van der Waals surface area contributed by atoms with Crippen LogP contribution in [0.2, 0.25) is 23.7 Å². The zero-order valence-electron chi connectivity index (χ0n) is 17.5. The first kappa shape index (κ1) is 21.5. The van der Waals surface area contributed by atoms with Crippen molar-refractivity contribution in [3.05, 3.63) is 64.7 Å². The number of hydrogen-bond acceptors (Lipinski definition) is 4. The van der Waals surface area contributed by atoms with Gasteiger partial charge in [-0.1, -0.05) is 48.9 Å². The lowest BCUT2D eigenvalue weighted by Gasteiger charge is -2.32. The summed E-state index contributed by atoms with van der Waals surface area (Å²) in [5.41, 5.74) is 1.19. The van der Waals surface area contributed by atoms with Crippen molar-refractivity contribution in [3.8, 4) is 0 Å². The topological polar surface area (TPSA) is 70.0 Å². The minimum absolute atomic E-state index is 0.0568. The molecule has 1 fully saturated rings. The number of anilines is 1. The third-order valence-electron chi connectivity index (χ3n) is 6.54. The predicted octanol–water partition coefficient (Wildman–Crippen LogP) is 4.07. The molecule has 4 atom stereocenters. The normalized spacial score (nSPS) is 28.4. The summed E-state index contributed by atoms with van der Waals surface area (Å²) in [5, 5.41) is 10.2. The molecule has 2 N–H and O–H groups in total. The van der Waals surface area contributed by atoms with Gasteiger partial charge in [-0.05, 0) is 43.3 Å². The minimum Gasteiger partial charge on any atom is -0.432 e. The van der Waals surface area contributed by atoms with E-state index in [0.717, 1.165) is 16.8 Å². The van der Waals surface area contributed by atoms with Gasteiger partial charge in [0.25, 0.3) is 5.91 Å². The molecule has 4 rings (SSSR count). The number of aliphatic hydroxyl groups excluding tert-OH is 1. The summed E-state index contributed by atoms with van der Waals surface area (Å²) < 4.78 is 6.53. The molecule has 30 heavy (non-hydrogen) atoms. The summed E-state index contributed by atoms with van der Waals surface area (Å²) in [6.07, 6.45) is -0.000536. The molecule has 5 nitrogen and oxygen atoms in total. The fourth-order valence-electron chi connectivity index (χ4n) is 5.37. The van der Waals surface area contributed by atoms with Crippen molar-refractivity contribution in [2.24, 2.45) is 5.92 Å². The summed E-state index contributed by atoms with van der Waals surface area (Å²) in [5.74, 6) is -0.369.